The quantitative estimate of drug-likeness (QED) is 0.846. The van der Waals surface area contributed by atoms with E-state index < -0.39 is 10.8 Å². The molecule has 2 rings (SSSR count). The van der Waals surface area contributed by atoms with Gasteiger partial charge in [-0.2, -0.15) is 0 Å². The fraction of sp³-hybridized carbons (Fsp3) is 0.400. The minimum atomic E-state index is -0.958. The third-order valence-electron chi connectivity index (χ3n) is 3.25. The van der Waals surface area contributed by atoms with Gasteiger partial charge in [0.15, 0.2) is 0 Å². The summed E-state index contributed by atoms with van der Waals surface area (Å²) >= 11 is 6.06. The van der Waals surface area contributed by atoms with E-state index in [-0.39, 0.29) is 5.91 Å². The molecule has 1 N–H and O–H groups in total. The average Bonchev–Trinajstić information content (AvgIpc) is 2.85. The number of carbonyl (C=O) groups is 1. The second-order valence-corrected chi connectivity index (χ2v) is 6.88. The normalized spacial score (nSPS) is 19.0. The molecular weight excluding hydrogens is 294 g/mol. The van der Waals surface area contributed by atoms with Crippen molar-refractivity contribution in [2.24, 2.45) is 5.92 Å². The molecule has 0 saturated heterocycles. The van der Waals surface area contributed by atoms with Crippen LogP contribution in [0.2, 0.25) is 5.02 Å². The van der Waals surface area contributed by atoms with Crippen molar-refractivity contribution in [2.75, 3.05) is 11.6 Å². The van der Waals surface area contributed by atoms with Crippen LogP contribution in [0.3, 0.4) is 0 Å². The summed E-state index contributed by atoms with van der Waals surface area (Å²) in [7, 11) is -0.958. The van der Waals surface area contributed by atoms with Crippen molar-refractivity contribution in [1.82, 2.24) is 0 Å². The number of hydrogen-bond acceptors (Lipinski definition) is 2. The van der Waals surface area contributed by atoms with E-state index in [9.17, 15) is 9.00 Å². The van der Waals surface area contributed by atoms with E-state index in [1.54, 1.807) is 24.5 Å². The van der Waals surface area contributed by atoms with Gasteiger partial charge in [0.05, 0.1) is 0 Å². The Bertz CT molecular complexity index is 557. The van der Waals surface area contributed by atoms with Gasteiger partial charge in [-0.25, -0.2) is 0 Å². The first-order valence-corrected chi connectivity index (χ1v) is 8.70. The fourth-order valence-electron chi connectivity index (χ4n) is 2.30. The molecule has 0 heterocycles. The number of halogens is 1. The van der Waals surface area contributed by atoms with Crippen LogP contribution in [-0.2, 0) is 21.3 Å². The van der Waals surface area contributed by atoms with Gasteiger partial charge < -0.3 is 5.32 Å². The largest absolute Gasteiger partial charge is 0.326 e. The lowest BCUT2D eigenvalue weighted by Gasteiger charge is -2.10. The molecule has 0 saturated carbocycles. The Morgan fingerprint density at radius 1 is 1.50 bits per heavy atom. The van der Waals surface area contributed by atoms with Gasteiger partial charge in [0, 0.05) is 39.9 Å². The SMILES string of the molecule is C[S@@](=O)Cc1cc(NC(=O)C[C@@H]2C=CCC2)ccc1Cl. The van der Waals surface area contributed by atoms with Crippen molar-refractivity contribution in [3.05, 3.63) is 40.9 Å². The molecule has 0 spiro atoms. The number of hydrogen-bond donors (Lipinski definition) is 1. The first-order chi connectivity index (χ1) is 9.54. The fourth-order valence-corrected chi connectivity index (χ4v) is 3.24. The number of rotatable bonds is 5. The molecule has 0 bridgehead atoms. The Hall–Kier alpha value is -1.13. The van der Waals surface area contributed by atoms with Gasteiger partial charge in [0.1, 0.15) is 0 Å². The van der Waals surface area contributed by atoms with Crippen LogP contribution in [0.4, 0.5) is 5.69 Å². The molecule has 1 aliphatic carbocycles. The number of anilines is 1. The van der Waals surface area contributed by atoms with Gasteiger partial charge in [0.2, 0.25) is 5.91 Å². The first-order valence-electron chi connectivity index (χ1n) is 6.59. The highest BCUT2D eigenvalue weighted by atomic mass is 35.5. The zero-order valence-corrected chi connectivity index (χ0v) is 13.0. The Kier molecular flexibility index (Phi) is 5.38. The van der Waals surface area contributed by atoms with Crippen molar-refractivity contribution in [2.45, 2.75) is 25.0 Å². The van der Waals surface area contributed by atoms with Crippen LogP contribution in [0.5, 0.6) is 0 Å². The van der Waals surface area contributed by atoms with Crippen molar-refractivity contribution < 1.29 is 9.00 Å². The molecule has 1 aromatic carbocycles. The van der Waals surface area contributed by atoms with Gasteiger partial charge in [-0.05, 0) is 42.5 Å². The van der Waals surface area contributed by atoms with Crippen molar-refractivity contribution in [3.8, 4) is 0 Å². The maximum Gasteiger partial charge on any atom is 0.224 e. The highest BCUT2D eigenvalue weighted by Crippen LogP contribution is 2.24. The zero-order valence-electron chi connectivity index (χ0n) is 11.4. The highest BCUT2D eigenvalue weighted by Gasteiger charge is 2.14. The minimum Gasteiger partial charge on any atom is -0.326 e. The summed E-state index contributed by atoms with van der Waals surface area (Å²) in [4.78, 5) is 11.9. The summed E-state index contributed by atoms with van der Waals surface area (Å²) < 4.78 is 11.3. The maximum atomic E-state index is 11.9. The van der Waals surface area contributed by atoms with Crippen LogP contribution in [0.25, 0.3) is 0 Å². The van der Waals surface area contributed by atoms with Gasteiger partial charge in [-0.15, -0.1) is 0 Å². The Labute approximate surface area is 126 Å². The highest BCUT2D eigenvalue weighted by molar-refractivity contribution is 7.83. The summed E-state index contributed by atoms with van der Waals surface area (Å²) in [5.74, 6) is 0.755. The van der Waals surface area contributed by atoms with Crippen LogP contribution < -0.4 is 5.32 Å². The van der Waals surface area contributed by atoms with Gasteiger partial charge in [-0.3, -0.25) is 9.00 Å². The van der Waals surface area contributed by atoms with E-state index in [4.69, 9.17) is 11.6 Å². The summed E-state index contributed by atoms with van der Waals surface area (Å²) in [6, 6.07) is 5.30. The molecule has 1 aliphatic rings. The number of nitrogens with one attached hydrogen (secondary N) is 1. The second kappa shape index (κ2) is 7.04. The summed E-state index contributed by atoms with van der Waals surface area (Å²) in [6.07, 6.45) is 8.48. The van der Waals surface area contributed by atoms with E-state index in [0.29, 0.717) is 28.8 Å². The monoisotopic (exact) mass is 311 g/mol. The molecule has 0 fully saturated rings. The smallest absolute Gasteiger partial charge is 0.224 e. The molecule has 0 unspecified atom stereocenters. The maximum absolute atomic E-state index is 11.9. The van der Waals surface area contributed by atoms with Gasteiger partial charge >= 0.3 is 0 Å². The molecule has 3 nitrogen and oxygen atoms in total. The lowest BCUT2D eigenvalue weighted by Crippen LogP contribution is -2.15. The lowest BCUT2D eigenvalue weighted by molar-refractivity contribution is -0.116. The Morgan fingerprint density at radius 3 is 2.95 bits per heavy atom. The third-order valence-corrected chi connectivity index (χ3v) is 4.33. The Morgan fingerprint density at radius 2 is 2.30 bits per heavy atom. The Balaban J connectivity index is 1.99. The molecular formula is C15H18ClNO2S. The zero-order chi connectivity index (χ0) is 14.5. The minimum absolute atomic E-state index is 0.00689. The molecule has 0 aromatic heterocycles. The molecule has 0 aliphatic heterocycles. The van der Waals surface area contributed by atoms with Crippen LogP contribution in [-0.4, -0.2) is 16.4 Å². The molecule has 1 amide bonds. The molecule has 108 valence electrons. The lowest BCUT2D eigenvalue weighted by atomic mass is 10.0. The second-order valence-electron chi connectivity index (χ2n) is 5.04. The van der Waals surface area contributed by atoms with E-state index in [0.717, 1.165) is 18.4 Å². The first kappa shape index (κ1) is 15.3. The average molecular weight is 312 g/mol. The van der Waals surface area contributed by atoms with E-state index in [1.807, 2.05) is 0 Å². The van der Waals surface area contributed by atoms with Crippen molar-refractivity contribution >= 4 is 34.0 Å². The van der Waals surface area contributed by atoms with Crippen LogP contribution >= 0.6 is 11.6 Å². The van der Waals surface area contributed by atoms with Crippen LogP contribution in [0.15, 0.2) is 30.4 Å². The number of benzene rings is 1. The van der Waals surface area contributed by atoms with Gasteiger partial charge in [0.25, 0.3) is 0 Å². The number of carbonyl (C=O) groups excluding carboxylic acids is 1. The predicted octanol–water partition coefficient (Wildman–Crippen LogP) is 3.51. The van der Waals surface area contributed by atoms with E-state index in [2.05, 4.69) is 17.5 Å². The summed E-state index contributed by atoms with van der Waals surface area (Å²) in [5, 5.41) is 3.46. The molecule has 20 heavy (non-hydrogen) atoms. The molecule has 5 heteroatoms. The van der Waals surface area contributed by atoms with E-state index in [1.165, 1.54) is 0 Å². The van der Waals surface area contributed by atoms with Crippen LogP contribution in [0.1, 0.15) is 24.8 Å². The third kappa shape index (κ3) is 4.46. The summed E-state index contributed by atoms with van der Waals surface area (Å²) in [6.45, 7) is 0. The molecule has 2 atom stereocenters. The van der Waals surface area contributed by atoms with Crippen molar-refractivity contribution in [1.29, 1.82) is 0 Å². The summed E-state index contributed by atoms with van der Waals surface area (Å²) in [5.41, 5.74) is 1.51. The molecule has 1 aromatic rings. The number of allylic oxidation sites excluding steroid dienone is 2. The predicted molar refractivity (Wildman–Crippen MR) is 84.3 cm³/mol. The molecule has 0 radical (unpaired) electrons. The van der Waals surface area contributed by atoms with Crippen molar-refractivity contribution in [3.63, 3.8) is 0 Å². The van der Waals surface area contributed by atoms with Gasteiger partial charge in [-0.1, -0.05) is 23.8 Å². The topological polar surface area (TPSA) is 46.2 Å². The van der Waals surface area contributed by atoms with E-state index >= 15 is 0 Å². The number of amides is 1. The standard InChI is InChI=1S/C15H18ClNO2S/c1-20(19)10-12-9-13(6-7-14(12)16)17-15(18)8-11-4-2-3-5-11/h2,4,6-7,9,11H,3,5,8,10H2,1H3,(H,17,18)/t11-,20-/m1/s1. The van der Waals surface area contributed by atoms with Crippen LogP contribution in [0, 0.1) is 5.92 Å².